The van der Waals surface area contributed by atoms with Gasteiger partial charge in [-0.15, -0.1) is 0 Å². The van der Waals surface area contributed by atoms with Gasteiger partial charge in [-0.05, 0) is 31.0 Å². The topological polar surface area (TPSA) is 88.4 Å². The summed E-state index contributed by atoms with van der Waals surface area (Å²) in [7, 11) is 1.71. The first-order chi connectivity index (χ1) is 11.9. The van der Waals surface area contributed by atoms with Crippen LogP contribution in [0.25, 0.3) is 0 Å². The molecular formula is C18H22N4O3. The number of non-ortho nitro benzene ring substituents is 1. The van der Waals surface area contributed by atoms with Crippen LogP contribution in [0.15, 0.2) is 42.6 Å². The Morgan fingerprint density at radius 2 is 2.12 bits per heavy atom. The number of hydrogen-bond donors (Lipinski definition) is 1. The highest BCUT2D eigenvalue weighted by Crippen LogP contribution is 2.26. The van der Waals surface area contributed by atoms with E-state index < -0.39 is 4.92 Å². The fourth-order valence-electron chi connectivity index (χ4n) is 2.59. The molecule has 0 aliphatic carbocycles. The predicted molar refractivity (Wildman–Crippen MR) is 96.5 cm³/mol. The molecule has 25 heavy (non-hydrogen) atoms. The minimum atomic E-state index is -0.480. The van der Waals surface area contributed by atoms with Crippen LogP contribution in [0.3, 0.4) is 0 Å². The van der Waals surface area contributed by atoms with E-state index in [0.29, 0.717) is 5.69 Å². The van der Waals surface area contributed by atoms with E-state index in [1.165, 1.54) is 12.1 Å². The minimum absolute atomic E-state index is 0.0570. The molecule has 0 saturated carbocycles. The lowest BCUT2D eigenvalue weighted by Crippen LogP contribution is -2.35. The molecule has 132 valence electrons. The fraction of sp³-hybridized carbons (Fsp3) is 0.333. The Balaban J connectivity index is 2.21. The maximum Gasteiger partial charge on any atom is 0.322 e. The molecule has 2 aromatic rings. The molecule has 0 fully saturated rings. The van der Waals surface area contributed by atoms with Crippen LogP contribution in [-0.2, 0) is 0 Å². The van der Waals surface area contributed by atoms with Crippen LogP contribution in [0, 0.1) is 17.0 Å². The Labute approximate surface area is 146 Å². The normalized spacial score (nSPS) is 11.6. The third-order valence-corrected chi connectivity index (χ3v) is 4.05. The summed E-state index contributed by atoms with van der Waals surface area (Å²) >= 11 is 0. The molecule has 1 aromatic heterocycles. The number of nitrogens with zero attached hydrogens (tertiary/aromatic N) is 3. The molecule has 2 amide bonds. The first-order valence-corrected chi connectivity index (χ1v) is 8.13. The van der Waals surface area contributed by atoms with Crippen molar-refractivity contribution in [3.8, 4) is 0 Å². The molecule has 0 bridgehead atoms. The van der Waals surface area contributed by atoms with Gasteiger partial charge in [0.25, 0.3) is 5.69 Å². The smallest absolute Gasteiger partial charge is 0.319 e. The number of aryl methyl sites for hydroxylation is 1. The molecule has 7 nitrogen and oxygen atoms in total. The maximum atomic E-state index is 12.7. The Morgan fingerprint density at radius 3 is 2.72 bits per heavy atom. The number of nitro benzene ring substituents is 1. The quantitative estimate of drug-likeness (QED) is 0.626. The number of rotatable bonds is 6. The highest BCUT2D eigenvalue weighted by Gasteiger charge is 2.23. The number of amides is 2. The van der Waals surface area contributed by atoms with Crippen molar-refractivity contribution in [2.75, 3.05) is 12.4 Å². The molecule has 0 radical (unpaired) electrons. The second kappa shape index (κ2) is 8.23. The van der Waals surface area contributed by atoms with Crippen molar-refractivity contribution in [2.24, 2.45) is 0 Å². The van der Waals surface area contributed by atoms with Crippen molar-refractivity contribution in [1.82, 2.24) is 9.88 Å². The van der Waals surface area contributed by atoms with E-state index in [1.54, 1.807) is 31.1 Å². The number of nitrogens with one attached hydrogen (secondary N) is 1. The van der Waals surface area contributed by atoms with Gasteiger partial charge in [-0.25, -0.2) is 4.79 Å². The van der Waals surface area contributed by atoms with E-state index in [9.17, 15) is 14.9 Å². The van der Waals surface area contributed by atoms with E-state index in [0.717, 1.165) is 24.1 Å². The number of carbonyl (C=O) groups is 1. The van der Waals surface area contributed by atoms with E-state index in [2.05, 4.69) is 10.3 Å². The monoisotopic (exact) mass is 342 g/mol. The van der Waals surface area contributed by atoms with Gasteiger partial charge in [0.1, 0.15) is 0 Å². The Bertz CT molecular complexity index is 749. The molecule has 2 rings (SSSR count). The summed E-state index contributed by atoms with van der Waals surface area (Å²) in [5.41, 5.74) is 1.95. The van der Waals surface area contributed by atoms with Crippen LogP contribution >= 0.6 is 0 Å². The van der Waals surface area contributed by atoms with Gasteiger partial charge in [-0.3, -0.25) is 15.1 Å². The van der Waals surface area contributed by atoms with Crippen molar-refractivity contribution in [3.63, 3.8) is 0 Å². The molecule has 0 saturated heterocycles. The lowest BCUT2D eigenvalue weighted by Gasteiger charge is -2.28. The zero-order chi connectivity index (χ0) is 18.4. The summed E-state index contributed by atoms with van der Waals surface area (Å²) in [4.78, 5) is 29.0. The van der Waals surface area contributed by atoms with Gasteiger partial charge in [0.15, 0.2) is 0 Å². The first-order valence-electron chi connectivity index (χ1n) is 8.13. The molecule has 0 unspecified atom stereocenters. The molecule has 7 heteroatoms. The van der Waals surface area contributed by atoms with Gasteiger partial charge >= 0.3 is 6.03 Å². The standard InChI is InChI=1S/C18H22N4O3/c1-4-7-17(15-8-5-6-11-19-15)21(3)18(23)20-16-12-14(22(24)25)10-9-13(16)2/h5-6,8-12,17H,4,7H2,1-3H3,(H,20,23)/t17-/m0/s1. The fourth-order valence-corrected chi connectivity index (χ4v) is 2.59. The molecule has 1 heterocycles. The van der Waals surface area contributed by atoms with Crippen molar-refractivity contribution < 1.29 is 9.72 Å². The molecule has 1 atom stereocenters. The number of pyridine rings is 1. The van der Waals surface area contributed by atoms with Gasteiger partial charge in [-0.1, -0.05) is 25.5 Å². The predicted octanol–water partition coefficient (Wildman–Crippen LogP) is 4.30. The SMILES string of the molecule is CCC[C@@H](c1ccccn1)N(C)C(=O)Nc1cc([N+](=O)[O-])ccc1C. The largest absolute Gasteiger partial charge is 0.322 e. The van der Waals surface area contributed by atoms with E-state index >= 15 is 0 Å². The number of anilines is 1. The van der Waals surface area contributed by atoms with Gasteiger partial charge < -0.3 is 10.2 Å². The average molecular weight is 342 g/mol. The Kier molecular flexibility index (Phi) is 6.05. The van der Waals surface area contributed by atoms with Crippen LogP contribution in [-0.4, -0.2) is 27.9 Å². The van der Waals surface area contributed by atoms with Crippen molar-refractivity contribution in [3.05, 3.63) is 64.0 Å². The number of urea groups is 1. The lowest BCUT2D eigenvalue weighted by atomic mass is 10.1. The summed E-state index contributed by atoms with van der Waals surface area (Å²) in [6.07, 6.45) is 3.37. The number of hydrogen-bond acceptors (Lipinski definition) is 4. The number of benzene rings is 1. The van der Waals surface area contributed by atoms with Crippen molar-refractivity contribution in [2.45, 2.75) is 32.7 Å². The molecule has 0 aliphatic heterocycles. The highest BCUT2D eigenvalue weighted by atomic mass is 16.6. The number of carbonyl (C=O) groups excluding carboxylic acids is 1. The summed E-state index contributed by atoms with van der Waals surface area (Å²) in [6, 6.07) is 9.54. The third kappa shape index (κ3) is 4.53. The van der Waals surface area contributed by atoms with E-state index in [1.807, 2.05) is 25.1 Å². The van der Waals surface area contributed by atoms with Crippen molar-refractivity contribution >= 4 is 17.4 Å². The van der Waals surface area contributed by atoms with Gasteiger partial charge in [0, 0.05) is 25.4 Å². The van der Waals surface area contributed by atoms with Crippen LogP contribution < -0.4 is 5.32 Å². The van der Waals surface area contributed by atoms with Crippen molar-refractivity contribution in [1.29, 1.82) is 0 Å². The second-order valence-corrected chi connectivity index (χ2v) is 5.86. The number of aromatic nitrogens is 1. The van der Waals surface area contributed by atoms with Gasteiger partial charge in [-0.2, -0.15) is 0 Å². The zero-order valence-corrected chi connectivity index (χ0v) is 14.6. The van der Waals surface area contributed by atoms with E-state index in [4.69, 9.17) is 0 Å². The van der Waals surface area contributed by atoms with Gasteiger partial charge in [0.2, 0.25) is 0 Å². The van der Waals surface area contributed by atoms with Crippen LogP contribution in [0.5, 0.6) is 0 Å². The molecular weight excluding hydrogens is 320 g/mol. The minimum Gasteiger partial charge on any atom is -0.319 e. The summed E-state index contributed by atoms with van der Waals surface area (Å²) in [5, 5.41) is 13.7. The average Bonchev–Trinajstić information content (AvgIpc) is 2.61. The summed E-state index contributed by atoms with van der Waals surface area (Å²) in [6.45, 7) is 3.84. The molecule has 0 aliphatic rings. The van der Waals surface area contributed by atoms with Gasteiger partial charge in [0.05, 0.1) is 22.3 Å². The third-order valence-electron chi connectivity index (χ3n) is 4.05. The summed E-state index contributed by atoms with van der Waals surface area (Å²) in [5.74, 6) is 0. The lowest BCUT2D eigenvalue weighted by molar-refractivity contribution is -0.384. The second-order valence-electron chi connectivity index (χ2n) is 5.86. The Hall–Kier alpha value is -2.96. The first kappa shape index (κ1) is 18.4. The van der Waals surface area contributed by atoms with Crippen LogP contribution in [0.1, 0.15) is 37.1 Å². The summed E-state index contributed by atoms with van der Waals surface area (Å²) < 4.78 is 0. The Morgan fingerprint density at radius 1 is 1.36 bits per heavy atom. The molecule has 1 aromatic carbocycles. The van der Waals surface area contributed by atoms with Crippen LogP contribution in [0.4, 0.5) is 16.2 Å². The number of nitro groups is 1. The van der Waals surface area contributed by atoms with Crippen LogP contribution in [0.2, 0.25) is 0 Å². The molecule has 1 N–H and O–H groups in total. The zero-order valence-electron chi connectivity index (χ0n) is 14.6. The van der Waals surface area contributed by atoms with E-state index in [-0.39, 0.29) is 17.8 Å². The maximum absolute atomic E-state index is 12.7. The molecule has 0 spiro atoms. The highest BCUT2D eigenvalue weighted by molar-refractivity contribution is 5.90.